The maximum atomic E-state index is 7.81. The quantitative estimate of drug-likeness (QED) is 0.224. The molecule has 0 radical (unpaired) electrons. The summed E-state index contributed by atoms with van der Waals surface area (Å²) >= 11 is -0.300. The predicted octanol–water partition coefficient (Wildman–Crippen LogP) is 9.78. The van der Waals surface area contributed by atoms with Gasteiger partial charge in [0.25, 0.3) is 0 Å². The van der Waals surface area contributed by atoms with Gasteiger partial charge in [0.05, 0.1) is 0 Å². The van der Waals surface area contributed by atoms with Gasteiger partial charge in [-0.15, -0.1) is 0 Å². The molecule has 2 unspecified atom stereocenters. The minimum absolute atomic E-state index is 0.0810. The molecule has 0 amide bonds. The third-order valence-electron chi connectivity index (χ3n) is 6.68. The Hall–Kier alpha value is -1.22. The number of benzene rings is 2. The summed E-state index contributed by atoms with van der Waals surface area (Å²) in [6, 6.07) is 26.2. The molecule has 6 rings (SSSR count). The van der Waals surface area contributed by atoms with E-state index in [9.17, 15) is 0 Å². The van der Waals surface area contributed by atoms with E-state index in [0.717, 1.165) is 0 Å². The molecule has 4 aromatic rings. The SMILES string of the molecule is Cc1ccc(C2=Cc3ccccc3[CH]2[Zr]([Cl])([Cl])[CH]2C(c3ccc(C)s3)=Cc3ccccc32)s1. The fourth-order valence-corrected chi connectivity index (χ4v) is 20.5. The third kappa shape index (κ3) is 3.72. The summed E-state index contributed by atoms with van der Waals surface area (Å²) in [5.41, 5.74) is 7.72. The molecule has 2 heterocycles. The number of hydrogen-bond acceptors (Lipinski definition) is 2. The maximum absolute atomic E-state index is 7.81. The Morgan fingerprint density at radius 1 is 0.606 bits per heavy atom. The molecule has 0 aliphatic heterocycles. The molecule has 0 spiro atoms. The van der Waals surface area contributed by atoms with E-state index in [0.29, 0.717) is 0 Å². The third-order valence-corrected chi connectivity index (χ3v) is 20.8. The van der Waals surface area contributed by atoms with Gasteiger partial charge in [-0.05, 0) is 0 Å². The van der Waals surface area contributed by atoms with Gasteiger partial charge in [-0.3, -0.25) is 0 Å². The van der Waals surface area contributed by atoms with Crippen LogP contribution in [0.15, 0.2) is 72.8 Å². The monoisotopic (exact) mass is 582 g/mol. The Labute approximate surface area is 214 Å². The van der Waals surface area contributed by atoms with Crippen LogP contribution in [0.5, 0.6) is 0 Å². The molecule has 0 saturated carbocycles. The number of hydrogen-bond donors (Lipinski definition) is 0. The van der Waals surface area contributed by atoms with Crippen LogP contribution in [0.25, 0.3) is 23.3 Å². The summed E-state index contributed by atoms with van der Waals surface area (Å²) in [6.07, 6.45) is 4.67. The molecule has 33 heavy (non-hydrogen) atoms. The van der Waals surface area contributed by atoms with E-state index in [-0.39, 0.29) is 7.25 Å². The van der Waals surface area contributed by atoms with Crippen molar-refractivity contribution in [1.29, 1.82) is 0 Å². The summed E-state index contributed by atoms with van der Waals surface area (Å²) in [5.74, 6) is 0. The number of rotatable bonds is 4. The summed E-state index contributed by atoms with van der Waals surface area (Å²) < 4.78 is 0.162. The van der Waals surface area contributed by atoms with Gasteiger partial charge in [-0.1, -0.05) is 0 Å². The fraction of sp³-hybridized carbons (Fsp3) is 0.143. The Kier molecular flexibility index (Phi) is 5.71. The molecule has 0 saturated heterocycles. The number of fused-ring (bicyclic) bond motifs is 2. The Morgan fingerprint density at radius 2 is 1.03 bits per heavy atom. The zero-order chi connectivity index (χ0) is 22.7. The first kappa shape index (κ1) is 22.3. The van der Waals surface area contributed by atoms with E-state index < -0.39 is 17.9 Å². The van der Waals surface area contributed by atoms with Crippen molar-refractivity contribution < 1.29 is 17.9 Å². The van der Waals surface area contributed by atoms with Crippen LogP contribution < -0.4 is 0 Å². The molecule has 2 aromatic heterocycles. The second-order valence-corrected chi connectivity index (χ2v) is 26.1. The van der Waals surface area contributed by atoms with Crippen molar-refractivity contribution in [1.82, 2.24) is 0 Å². The van der Waals surface area contributed by atoms with Crippen molar-refractivity contribution in [2.75, 3.05) is 0 Å². The Bertz CT molecular complexity index is 1330. The van der Waals surface area contributed by atoms with E-state index in [2.05, 4.69) is 98.8 Å². The van der Waals surface area contributed by atoms with E-state index >= 15 is 0 Å². The minimum atomic E-state index is -3.98. The fourth-order valence-electron chi connectivity index (χ4n) is 5.25. The Morgan fingerprint density at radius 3 is 1.42 bits per heavy atom. The van der Waals surface area contributed by atoms with Gasteiger partial charge in [0.2, 0.25) is 0 Å². The molecule has 0 N–H and O–H groups in total. The van der Waals surface area contributed by atoms with Crippen LogP contribution in [0.2, 0.25) is 0 Å². The molecule has 2 atom stereocenters. The summed E-state index contributed by atoms with van der Waals surface area (Å²) in [4.78, 5) is 5.21. The van der Waals surface area contributed by atoms with Crippen LogP contribution in [0.1, 0.15) is 49.0 Å². The van der Waals surface area contributed by atoms with E-state index in [1.165, 1.54) is 52.9 Å². The molecule has 2 aliphatic carbocycles. The van der Waals surface area contributed by atoms with Crippen molar-refractivity contribution >= 4 is 63.0 Å². The predicted molar refractivity (Wildman–Crippen MR) is 144 cm³/mol. The average molecular weight is 585 g/mol. The van der Waals surface area contributed by atoms with Crippen LogP contribution in [0.4, 0.5) is 0 Å². The molecule has 2 aliphatic rings. The van der Waals surface area contributed by atoms with Gasteiger partial charge in [-0.2, -0.15) is 0 Å². The van der Waals surface area contributed by atoms with Gasteiger partial charge in [0, 0.05) is 0 Å². The van der Waals surface area contributed by atoms with E-state index in [1.54, 1.807) is 0 Å². The Balaban J connectivity index is 1.54. The molecule has 0 bridgehead atoms. The number of allylic oxidation sites excluding steroid dienone is 2. The van der Waals surface area contributed by atoms with Crippen molar-refractivity contribution in [3.05, 3.63) is 115 Å². The van der Waals surface area contributed by atoms with Crippen molar-refractivity contribution in [3.63, 3.8) is 0 Å². The second kappa shape index (κ2) is 8.47. The van der Waals surface area contributed by atoms with Crippen molar-refractivity contribution in [3.8, 4) is 0 Å². The summed E-state index contributed by atoms with van der Waals surface area (Å²) in [7, 11) is 15.6. The molecule has 0 nitrogen and oxygen atoms in total. The first-order valence-electron chi connectivity index (χ1n) is 11.1. The first-order chi connectivity index (χ1) is 15.9. The number of aryl methyl sites for hydroxylation is 2. The second-order valence-electron chi connectivity index (χ2n) is 8.82. The van der Waals surface area contributed by atoms with Crippen molar-refractivity contribution in [2.45, 2.75) is 21.1 Å². The first-order valence-corrected chi connectivity index (χ1v) is 21.9. The van der Waals surface area contributed by atoms with Gasteiger partial charge < -0.3 is 0 Å². The molecule has 2 aromatic carbocycles. The number of halogens is 2. The van der Waals surface area contributed by atoms with E-state index in [4.69, 9.17) is 17.0 Å². The summed E-state index contributed by atoms with van der Waals surface area (Å²) in [5, 5.41) is 0. The topological polar surface area (TPSA) is 0 Å². The molecule has 164 valence electrons. The zero-order valence-corrected chi connectivity index (χ0v) is 23.9. The molecular weight excluding hydrogens is 563 g/mol. The van der Waals surface area contributed by atoms with Gasteiger partial charge in [-0.25, -0.2) is 0 Å². The summed E-state index contributed by atoms with van der Waals surface area (Å²) in [6.45, 7) is 4.33. The van der Waals surface area contributed by atoms with E-state index in [1.807, 2.05) is 22.7 Å². The van der Waals surface area contributed by atoms with Crippen LogP contribution in [-0.4, -0.2) is 0 Å². The zero-order valence-electron chi connectivity index (χ0n) is 18.3. The van der Waals surface area contributed by atoms with Gasteiger partial charge in [0.15, 0.2) is 0 Å². The standard InChI is InChI=1S/2C14H11S.2ClH.Zr/c2*1-10-6-7-14(15-10)13-8-11-4-2-3-5-12(11)9-13;;;/h2*2-9H,1H3;2*1H;/q;;;;+2/p-2. The number of thiophene rings is 2. The molecular formula is C28H22Cl2S2Zr. The average Bonchev–Trinajstić information content (AvgIpc) is 3.57. The van der Waals surface area contributed by atoms with Crippen LogP contribution in [0.3, 0.4) is 0 Å². The van der Waals surface area contributed by atoms with Crippen molar-refractivity contribution in [2.24, 2.45) is 0 Å². The molecule has 5 heteroatoms. The van der Waals surface area contributed by atoms with Crippen LogP contribution in [-0.2, 0) is 17.9 Å². The normalized spacial score (nSPS) is 19.3. The molecule has 0 fully saturated rings. The van der Waals surface area contributed by atoms with Crippen LogP contribution in [0, 0.1) is 13.8 Å². The van der Waals surface area contributed by atoms with Gasteiger partial charge >= 0.3 is 217 Å². The van der Waals surface area contributed by atoms with Crippen LogP contribution >= 0.6 is 39.7 Å². The van der Waals surface area contributed by atoms with Gasteiger partial charge in [0.1, 0.15) is 0 Å².